The van der Waals surface area contributed by atoms with E-state index in [1.807, 2.05) is 61.5 Å². The molecule has 3 aromatic carbocycles. The molecule has 4 aromatic rings. The van der Waals surface area contributed by atoms with Crippen molar-refractivity contribution in [2.45, 2.75) is 96.6 Å². The van der Waals surface area contributed by atoms with Crippen LogP contribution in [0, 0.1) is 0 Å². The van der Waals surface area contributed by atoms with E-state index >= 15 is 0 Å². The van der Waals surface area contributed by atoms with Crippen LogP contribution in [-0.2, 0) is 33.6 Å². The molecular weight excluding hydrogens is 652 g/mol. The molecule has 266 valence electrons. The van der Waals surface area contributed by atoms with Crippen molar-refractivity contribution in [3.8, 4) is 0 Å². The zero-order valence-corrected chi connectivity index (χ0v) is 29.8. The number of para-hydroxylation sites is 1. The minimum atomic E-state index is -1.03. The lowest BCUT2D eigenvalue weighted by molar-refractivity contribution is -0.139. The van der Waals surface area contributed by atoms with Crippen molar-refractivity contribution in [3.63, 3.8) is 0 Å². The van der Waals surface area contributed by atoms with Gasteiger partial charge in [0.25, 0.3) is 5.91 Å². The zero-order valence-electron chi connectivity index (χ0n) is 29.1. The molecule has 0 aliphatic carbocycles. The molecule has 0 saturated heterocycles. The van der Waals surface area contributed by atoms with E-state index < -0.39 is 29.9 Å². The van der Waals surface area contributed by atoms with Crippen molar-refractivity contribution >= 4 is 46.2 Å². The van der Waals surface area contributed by atoms with Crippen molar-refractivity contribution in [3.05, 3.63) is 106 Å². The van der Waals surface area contributed by atoms with Crippen LogP contribution in [0.2, 0.25) is 5.02 Å². The summed E-state index contributed by atoms with van der Waals surface area (Å²) in [6.45, 7) is 4.53. The number of carbonyl (C=O) groups is 4. The Morgan fingerprint density at radius 2 is 1.58 bits per heavy atom. The van der Waals surface area contributed by atoms with Gasteiger partial charge in [0.15, 0.2) is 0 Å². The molecule has 0 bridgehead atoms. The Balaban J connectivity index is 1.68. The fourth-order valence-corrected chi connectivity index (χ4v) is 6.59. The van der Waals surface area contributed by atoms with Crippen LogP contribution in [0.3, 0.4) is 0 Å². The fraction of sp³-hybridized carbons (Fsp3) is 0.400. The minimum absolute atomic E-state index is 0.0483. The number of carbonyl (C=O) groups excluding carboxylic acids is 3. The third kappa shape index (κ3) is 10.7. The number of carboxylic acids is 1. The normalized spacial score (nSPS) is 12.4. The monoisotopic (exact) mass is 700 g/mol. The molecule has 0 aliphatic heterocycles. The molecule has 3 amide bonds. The Morgan fingerprint density at radius 3 is 2.26 bits per heavy atom. The molecule has 4 rings (SSSR count). The maximum absolute atomic E-state index is 14.6. The first kappa shape index (κ1) is 38.2. The SMILES string of the molecule is CCCCc1ccc(C[C@@H](CC(N)=O)N(CCCC)C(=O)[C@H](CCCC(=O)O)NC(=O)c2c(Cc3ccccc3Cl)[nH]c3ccccc23)cc1. The van der Waals surface area contributed by atoms with Gasteiger partial charge in [-0.1, -0.05) is 99.0 Å². The van der Waals surface area contributed by atoms with E-state index in [0.29, 0.717) is 47.5 Å². The molecule has 50 heavy (non-hydrogen) atoms. The molecule has 0 radical (unpaired) electrons. The number of aromatic amines is 1. The van der Waals surface area contributed by atoms with Gasteiger partial charge in [-0.2, -0.15) is 0 Å². The molecule has 5 N–H and O–H groups in total. The van der Waals surface area contributed by atoms with Crippen LogP contribution in [0.1, 0.15) is 98.0 Å². The van der Waals surface area contributed by atoms with Crippen molar-refractivity contribution in [1.82, 2.24) is 15.2 Å². The molecule has 10 heteroatoms. The first-order chi connectivity index (χ1) is 24.1. The van der Waals surface area contributed by atoms with E-state index in [2.05, 4.69) is 29.4 Å². The van der Waals surface area contributed by atoms with E-state index in [9.17, 15) is 24.3 Å². The summed E-state index contributed by atoms with van der Waals surface area (Å²) in [5, 5.41) is 13.7. The van der Waals surface area contributed by atoms with Crippen molar-refractivity contribution in [2.24, 2.45) is 5.73 Å². The van der Waals surface area contributed by atoms with Gasteiger partial charge in [-0.25, -0.2) is 0 Å². The average molecular weight is 701 g/mol. The number of carboxylic acid groups (broad SMARTS) is 1. The second kappa shape index (κ2) is 18.9. The lowest BCUT2D eigenvalue weighted by Crippen LogP contribution is -2.53. The quantitative estimate of drug-likeness (QED) is 0.0769. The van der Waals surface area contributed by atoms with Crippen molar-refractivity contribution < 1.29 is 24.3 Å². The number of aromatic nitrogens is 1. The first-order valence-corrected chi connectivity index (χ1v) is 18.0. The lowest BCUT2D eigenvalue weighted by atomic mass is 9.97. The number of rotatable bonds is 20. The summed E-state index contributed by atoms with van der Waals surface area (Å²) in [7, 11) is 0. The summed E-state index contributed by atoms with van der Waals surface area (Å²) < 4.78 is 0. The summed E-state index contributed by atoms with van der Waals surface area (Å²) in [6.07, 6.45) is 5.50. The van der Waals surface area contributed by atoms with E-state index in [1.165, 1.54) is 5.56 Å². The van der Waals surface area contributed by atoms with Crippen LogP contribution >= 0.6 is 11.6 Å². The number of aryl methyl sites for hydroxylation is 1. The van der Waals surface area contributed by atoms with Crippen LogP contribution in [0.5, 0.6) is 0 Å². The van der Waals surface area contributed by atoms with Crippen LogP contribution in [-0.4, -0.2) is 57.3 Å². The predicted octanol–water partition coefficient (Wildman–Crippen LogP) is 7.22. The molecule has 2 atom stereocenters. The Hall–Kier alpha value is -4.63. The summed E-state index contributed by atoms with van der Waals surface area (Å²) >= 11 is 6.50. The van der Waals surface area contributed by atoms with Gasteiger partial charge in [-0.15, -0.1) is 0 Å². The van der Waals surface area contributed by atoms with Gasteiger partial charge in [0, 0.05) is 53.5 Å². The molecule has 1 aromatic heterocycles. The Kier molecular flexibility index (Phi) is 14.5. The summed E-state index contributed by atoms with van der Waals surface area (Å²) in [4.78, 5) is 57.8. The van der Waals surface area contributed by atoms with E-state index in [-0.39, 0.29) is 31.6 Å². The number of hydrogen-bond acceptors (Lipinski definition) is 4. The number of amides is 3. The van der Waals surface area contributed by atoms with Gasteiger partial charge in [-0.3, -0.25) is 19.2 Å². The van der Waals surface area contributed by atoms with Crippen LogP contribution in [0.4, 0.5) is 0 Å². The number of aliphatic carboxylic acids is 1. The second-order valence-electron chi connectivity index (χ2n) is 12.9. The summed E-state index contributed by atoms with van der Waals surface area (Å²) in [5.41, 5.74) is 10.6. The van der Waals surface area contributed by atoms with Gasteiger partial charge in [0.1, 0.15) is 6.04 Å². The maximum atomic E-state index is 14.6. The van der Waals surface area contributed by atoms with Crippen molar-refractivity contribution in [2.75, 3.05) is 6.54 Å². The molecule has 0 saturated carbocycles. The van der Waals surface area contributed by atoms with Gasteiger partial charge < -0.3 is 26.0 Å². The first-order valence-electron chi connectivity index (χ1n) is 17.6. The number of unbranched alkanes of at least 4 members (excludes halogenated alkanes) is 2. The number of benzene rings is 3. The van der Waals surface area contributed by atoms with E-state index in [0.717, 1.165) is 42.3 Å². The van der Waals surface area contributed by atoms with Crippen LogP contribution in [0.15, 0.2) is 72.8 Å². The summed E-state index contributed by atoms with van der Waals surface area (Å²) in [6, 6.07) is 21.5. The number of fused-ring (bicyclic) bond motifs is 1. The second-order valence-corrected chi connectivity index (χ2v) is 13.3. The molecule has 0 spiro atoms. The van der Waals surface area contributed by atoms with Gasteiger partial charge in [0.2, 0.25) is 11.8 Å². The van der Waals surface area contributed by atoms with Crippen LogP contribution in [0.25, 0.3) is 10.9 Å². The molecule has 0 unspecified atom stereocenters. The third-order valence-electron chi connectivity index (χ3n) is 9.05. The smallest absolute Gasteiger partial charge is 0.303 e. The van der Waals surface area contributed by atoms with Crippen molar-refractivity contribution in [1.29, 1.82) is 0 Å². The molecular formula is C40H49ClN4O5. The summed E-state index contributed by atoms with van der Waals surface area (Å²) in [5.74, 6) is -2.34. The fourth-order valence-electron chi connectivity index (χ4n) is 6.39. The predicted molar refractivity (Wildman–Crippen MR) is 198 cm³/mol. The standard InChI is InChI=1S/C40H49ClN4O5/c1-3-5-12-27-19-21-28(22-20-27)24-30(26-36(42)46)45(23-6-4-2)40(50)34(17-11-18-37(47)48)44-39(49)38-31-14-8-10-16-33(31)43-35(38)25-29-13-7-9-15-32(29)41/h7-10,13-16,19-22,30,34,43H,3-6,11-12,17-18,23-26H2,1-2H3,(H2,42,46)(H,44,49)(H,47,48)/t30-,34-/m0/s1. The number of hydrogen-bond donors (Lipinski definition) is 4. The van der Waals surface area contributed by atoms with E-state index in [4.69, 9.17) is 17.3 Å². The molecule has 0 fully saturated rings. The maximum Gasteiger partial charge on any atom is 0.303 e. The average Bonchev–Trinajstić information content (AvgIpc) is 3.46. The Labute approximate surface area is 299 Å². The number of halogens is 1. The highest BCUT2D eigenvalue weighted by Crippen LogP contribution is 2.27. The number of nitrogens with two attached hydrogens (primary N) is 1. The van der Waals surface area contributed by atoms with Gasteiger partial charge >= 0.3 is 5.97 Å². The molecule has 1 heterocycles. The highest BCUT2D eigenvalue weighted by molar-refractivity contribution is 6.31. The van der Waals surface area contributed by atoms with Gasteiger partial charge in [-0.05, 0) is 67.3 Å². The lowest BCUT2D eigenvalue weighted by Gasteiger charge is -2.35. The van der Waals surface area contributed by atoms with Crippen LogP contribution < -0.4 is 11.1 Å². The third-order valence-corrected chi connectivity index (χ3v) is 9.42. The number of nitrogens with one attached hydrogen (secondary N) is 2. The van der Waals surface area contributed by atoms with Gasteiger partial charge in [0.05, 0.1) is 5.56 Å². The highest BCUT2D eigenvalue weighted by Gasteiger charge is 2.33. The Bertz CT molecular complexity index is 1750. The number of nitrogens with zero attached hydrogens (tertiary/aromatic N) is 1. The minimum Gasteiger partial charge on any atom is -0.481 e. The number of primary amides is 1. The topological polar surface area (TPSA) is 146 Å². The molecule has 9 nitrogen and oxygen atoms in total. The largest absolute Gasteiger partial charge is 0.481 e. The molecule has 0 aliphatic rings. The highest BCUT2D eigenvalue weighted by atomic mass is 35.5. The Morgan fingerprint density at radius 1 is 0.900 bits per heavy atom. The van der Waals surface area contributed by atoms with E-state index in [1.54, 1.807) is 11.0 Å². The zero-order chi connectivity index (χ0) is 36.0. The number of H-pyrrole nitrogens is 1.